The number of nitrogens with zero attached hydrogens (tertiary/aromatic N) is 6. The molecule has 4 heterocycles. The van der Waals surface area contributed by atoms with Crippen LogP contribution in [0.4, 0.5) is 43.9 Å². The Morgan fingerprint density at radius 2 is 1.07 bits per heavy atom. The van der Waals surface area contributed by atoms with Crippen molar-refractivity contribution in [2.45, 2.75) is 105 Å². The van der Waals surface area contributed by atoms with Gasteiger partial charge >= 0.3 is 12.4 Å². The highest BCUT2D eigenvalue weighted by Crippen LogP contribution is 2.36. The largest absolute Gasteiger partial charge is 0.416 e. The molecule has 8 aromatic carbocycles. The minimum absolute atomic E-state index is 0.0312. The summed E-state index contributed by atoms with van der Waals surface area (Å²) in [4.78, 5) is 62.2. The fourth-order valence-corrected chi connectivity index (χ4v) is 13.8. The number of methoxy groups -OCH3 is 2. The first kappa shape index (κ1) is 50.5. The lowest BCUT2D eigenvalue weighted by Crippen LogP contribution is -2.48. The van der Waals surface area contributed by atoms with Gasteiger partial charge in [-0.25, -0.2) is 17.6 Å². The molecule has 12 rings (SSSR count). The van der Waals surface area contributed by atoms with Gasteiger partial charge in [0.2, 0.25) is 11.8 Å². The number of carbonyl (C=O) groups is 2. The van der Waals surface area contributed by atoms with E-state index < -0.39 is 258 Å². The van der Waals surface area contributed by atoms with E-state index in [4.69, 9.17) is 43.7 Å². The van der Waals surface area contributed by atoms with E-state index in [9.17, 15) is 53.9 Å². The van der Waals surface area contributed by atoms with Crippen LogP contribution >= 0.6 is 23.5 Å². The quantitative estimate of drug-likeness (QED) is 0.0428. The lowest BCUT2D eigenvalue weighted by Gasteiger charge is -2.39. The molecule has 12 nitrogen and oxygen atoms in total. The molecule has 0 unspecified atom stereocenters. The number of alkyl halides is 6. The van der Waals surface area contributed by atoms with Crippen LogP contribution in [0.15, 0.2) is 207 Å². The molecule has 2 aliphatic rings. The van der Waals surface area contributed by atoms with Crippen molar-refractivity contribution in [1.29, 1.82) is 0 Å². The number of halogens is 10. The summed E-state index contributed by atoms with van der Waals surface area (Å²) < 4.78 is 357. The third-order valence-corrected chi connectivity index (χ3v) is 19.4. The zero-order chi connectivity index (χ0) is 96.2. The Hall–Kier alpha value is -9.04. The number of aromatic nitrogens is 2. The molecule has 2 saturated heterocycles. The summed E-state index contributed by atoms with van der Waals surface area (Å²) in [5.41, 5.74) is -5.87. The first-order valence-corrected chi connectivity index (χ1v) is 34.2. The number of thioether (sulfide) groups is 2. The van der Waals surface area contributed by atoms with Crippen molar-refractivity contribution in [2.24, 2.45) is 0 Å². The first-order chi connectivity index (χ1) is 60.5. The Morgan fingerprint density at radius 3 is 1.66 bits per heavy atom. The minimum Gasteiger partial charge on any atom is -0.383 e. The predicted molar refractivity (Wildman–Crippen MR) is 391 cm³/mol. The zero-order valence-electron chi connectivity index (χ0n) is 80.4. The van der Waals surface area contributed by atoms with Crippen LogP contribution in [-0.2, 0) is 69.1 Å². The highest BCUT2D eigenvalue weighted by atomic mass is 32.2. The van der Waals surface area contributed by atoms with E-state index in [2.05, 4.69) is 0 Å². The summed E-state index contributed by atoms with van der Waals surface area (Å²) in [6.07, 6.45) is -9.55. The Balaban J connectivity index is 0.000000259. The van der Waals surface area contributed by atoms with Crippen molar-refractivity contribution in [1.82, 2.24) is 28.7 Å². The number of likely N-dealkylation sites (tertiary alicyclic amines) is 2. The van der Waals surface area contributed by atoms with E-state index in [1.54, 1.807) is 58.0 Å². The Labute approximate surface area is 645 Å². The summed E-state index contributed by atoms with van der Waals surface area (Å²) in [5.74, 6) is -7.84. The number of ether oxygens (including phenoxy) is 2. The molecule has 0 saturated carbocycles. The third kappa shape index (κ3) is 19.5. The van der Waals surface area contributed by atoms with Crippen LogP contribution < -0.4 is 10.9 Å². The topological polar surface area (TPSA) is 110 Å². The van der Waals surface area contributed by atoms with Gasteiger partial charge in [0.1, 0.15) is 13.1 Å². The van der Waals surface area contributed by atoms with Crippen molar-refractivity contribution in [3.63, 3.8) is 0 Å². The Morgan fingerprint density at radius 1 is 0.533 bits per heavy atom. The molecular weight excluding hydrogens is 1410 g/mol. The highest BCUT2D eigenvalue weighted by Gasteiger charge is 2.34. The van der Waals surface area contributed by atoms with E-state index in [-0.39, 0.29) is 80.3 Å². The maximum absolute atomic E-state index is 15.3. The normalized spacial score (nSPS) is 18.1. The molecule has 10 aromatic rings. The third-order valence-electron chi connectivity index (χ3n) is 17.2. The van der Waals surface area contributed by atoms with Gasteiger partial charge in [-0.05, 0) is 127 Å². The van der Waals surface area contributed by atoms with E-state index in [0.717, 1.165) is 39.4 Å². The number of benzene rings is 8. The number of para-hydroxylation sites is 1. The van der Waals surface area contributed by atoms with Crippen LogP contribution in [0, 0.1) is 30.2 Å². The SMILES string of the molecule is [2H]C([2H])([2H])OCC([2H])([2H])N1CCC(N(Cc2ccc(-c3ccc(C(F)(F)F)cc3)cc2)C(=O)Cn2c(SCc3cccc(F)c3F)cc(=O)c3ccccc32)CC1.[2H]c1c([2H])c(F)c(F)c(CSc2c([2H])c(=O)c3c([2H])c(C)c([2H])c([2H])c3n2CC(=O)N(Cc2c([2H])c([2H])c(-c3c([2H])c([2H])c(C(F)(F)F)c([2H])c3[2H])c([2H])c2[2H])C2CCN(C([2H])([2H])COC([2H])([2H])[2H])CC2)c1[2H]. The molecule has 0 N–H and O–H groups in total. The molecule has 0 bridgehead atoms. The molecule has 0 radical (unpaired) electrons. The number of hydrogen-bond acceptors (Lipinski definition) is 10. The molecule has 24 heteroatoms. The molecule has 2 fully saturated rings. The Bertz CT molecular complexity index is 6080. The number of hydrogen-bond donors (Lipinski definition) is 0. The number of pyridine rings is 2. The average molecular weight is 1510 g/mol. The molecule has 550 valence electrons. The molecule has 0 spiro atoms. The van der Waals surface area contributed by atoms with Crippen molar-refractivity contribution in [2.75, 3.05) is 66.5 Å². The summed E-state index contributed by atoms with van der Waals surface area (Å²) in [6.45, 7) is -7.08. The minimum atomic E-state index is -5.38. The Kier molecular flexibility index (Phi) is 16.8. The van der Waals surface area contributed by atoms with E-state index >= 15 is 9.18 Å². The van der Waals surface area contributed by atoms with E-state index in [1.807, 2.05) is 0 Å². The second-order valence-electron chi connectivity index (χ2n) is 24.0. The summed E-state index contributed by atoms with van der Waals surface area (Å²) in [6, 6.07) is 6.18. The maximum atomic E-state index is 15.3. The van der Waals surface area contributed by atoms with Crippen molar-refractivity contribution >= 4 is 57.1 Å². The van der Waals surface area contributed by atoms with Gasteiger partial charge in [0.25, 0.3) is 0 Å². The molecule has 2 amide bonds. The van der Waals surface area contributed by atoms with Gasteiger partial charge in [-0.2, -0.15) is 26.3 Å². The van der Waals surface area contributed by atoms with Crippen molar-refractivity contribution < 1.29 is 97.2 Å². The van der Waals surface area contributed by atoms with Crippen LogP contribution in [0.1, 0.15) is 98.9 Å². The van der Waals surface area contributed by atoms with Crippen LogP contribution in [-0.4, -0.2) is 119 Å². The van der Waals surface area contributed by atoms with Gasteiger partial charge in [-0.3, -0.25) is 19.2 Å². The lowest BCUT2D eigenvalue weighted by atomic mass is 10.00. The van der Waals surface area contributed by atoms with Gasteiger partial charge in [0.15, 0.2) is 34.1 Å². The van der Waals surface area contributed by atoms with Gasteiger partial charge in [0, 0.05) is 129 Å². The fourth-order valence-electron chi connectivity index (χ4n) is 11.9. The monoisotopic (exact) mass is 1510 g/mol. The number of rotatable bonds is 24. The van der Waals surface area contributed by atoms with Crippen molar-refractivity contribution in [3.8, 4) is 22.3 Å². The second-order valence-corrected chi connectivity index (χ2v) is 26.0. The van der Waals surface area contributed by atoms with Crippen LogP contribution in [0.5, 0.6) is 0 Å². The molecule has 0 atom stereocenters. The van der Waals surface area contributed by atoms with Crippen LogP contribution in [0.3, 0.4) is 0 Å². The van der Waals surface area contributed by atoms with Crippen LogP contribution in [0.2, 0.25) is 0 Å². The predicted octanol–water partition coefficient (Wildman–Crippen LogP) is 17.1. The summed E-state index contributed by atoms with van der Waals surface area (Å²) >= 11 is 1.43. The van der Waals surface area contributed by atoms with Gasteiger partial charge in [-0.1, -0.05) is 121 Å². The summed E-state index contributed by atoms with van der Waals surface area (Å²) in [7, 11) is -5.75. The number of amides is 2. The molecular formula is C81H78F10N6O6S2. The van der Waals surface area contributed by atoms with Gasteiger partial charge < -0.3 is 38.2 Å². The number of fused-ring (bicyclic) bond motifs is 2. The number of piperidine rings is 2. The molecule has 105 heavy (non-hydrogen) atoms. The molecule has 2 aliphatic heterocycles. The number of carbonyl (C=O) groups excluding carboxylic acids is 2. The standard InChI is InChI=1S/C41H40F5N3O3S.C40H38F5N3O3S/c1-27-6-15-36-34(22-27)37(50)23-39(53-26-31-4-3-5-35(42)40(31)43)49(36)25-38(51)48(33-16-18-47(19-17-33)20-21-52-2)24-28-7-9-29(10-8-28)30-11-13-32(14-12-30)41(44,45)46;1-51-22-21-46-19-17-32(18-20-46)47(24-27-9-11-28(12-10-27)29-13-15-31(16-14-29)40(43,44)45)37(50)25-48-35-8-3-2-6-33(35)36(49)23-38(48)52-26-30-5-4-7-34(41)39(30)42/h3-15,22-23,33H,16-21,24-26H2,1-2H3;2-16,23,32H,17-22,24-26H2,1H3/i2D3,3D,4D,5D,6D,7D,8D,9D,10D,11D,12D,13D,14D,15D,20D2,22D,23D;1D3,21D2. The zero-order valence-corrected chi connectivity index (χ0v) is 57.1. The van der Waals surface area contributed by atoms with E-state index in [0.29, 0.717) is 57.2 Å². The first-order valence-electron chi connectivity index (χ1n) is 44.8. The van der Waals surface area contributed by atoms with Crippen LogP contribution in [0.25, 0.3) is 44.1 Å². The smallest absolute Gasteiger partial charge is 0.383 e. The lowest BCUT2D eigenvalue weighted by molar-refractivity contribution is -0.138. The fraction of sp³-hybridized carbons (Fsp3) is 0.309. The highest BCUT2D eigenvalue weighted by molar-refractivity contribution is 7.98. The second kappa shape index (κ2) is 34.9. The van der Waals surface area contributed by atoms with Crippen molar-refractivity contribution in [3.05, 3.63) is 270 Å². The maximum Gasteiger partial charge on any atom is 0.416 e. The molecule has 0 aliphatic carbocycles. The van der Waals surface area contributed by atoms with E-state index in [1.165, 1.54) is 47.1 Å². The van der Waals surface area contributed by atoms with Gasteiger partial charge in [0.05, 0.1) is 74.2 Å². The summed E-state index contributed by atoms with van der Waals surface area (Å²) in [5, 5.41) is -0.495. The molecule has 2 aromatic heterocycles. The van der Waals surface area contributed by atoms with Gasteiger partial charge in [-0.15, -0.1) is 23.5 Å². The average Bonchev–Trinajstić information content (AvgIpc) is 0.720.